The van der Waals surface area contributed by atoms with Crippen LogP contribution in [0.4, 0.5) is 0 Å². The normalized spacial score (nSPS) is 11.2. The number of hydrogen-bond acceptors (Lipinski definition) is 5. The number of hydrogen-bond donors (Lipinski definition) is 0. The van der Waals surface area contributed by atoms with Gasteiger partial charge in [0.2, 0.25) is 0 Å². The SMILES string of the molecule is Cc1cc(C(=O)N(Cc2cccnc2)C(C)C)c2c(C)noc2n1. The maximum atomic E-state index is 13.2. The van der Waals surface area contributed by atoms with Gasteiger partial charge in [-0.05, 0) is 45.4 Å². The van der Waals surface area contributed by atoms with Crippen LogP contribution in [0, 0.1) is 13.8 Å². The third-order valence-corrected chi connectivity index (χ3v) is 3.94. The second-order valence-corrected chi connectivity index (χ2v) is 6.15. The average Bonchev–Trinajstić information content (AvgIpc) is 2.93. The molecule has 0 saturated carbocycles. The van der Waals surface area contributed by atoms with Gasteiger partial charge in [0.05, 0.1) is 16.6 Å². The second kappa shape index (κ2) is 6.39. The Morgan fingerprint density at radius 2 is 2.12 bits per heavy atom. The number of carbonyl (C=O) groups excluding carboxylic acids is 1. The van der Waals surface area contributed by atoms with Gasteiger partial charge in [-0.3, -0.25) is 9.78 Å². The molecule has 3 aromatic heterocycles. The highest BCUT2D eigenvalue weighted by Crippen LogP contribution is 2.24. The van der Waals surface area contributed by atoms with Crippen molar-refractivity contribution in [1.82, 2.24) is 20.0 Å². The Morgan fingerprint density at radius 1 is 1.33 bits per heavy atom. The van der Waals surface area contributed by atoms with E-state index >= 15 is 0 Å². The topological polar surface area (TPSA) is 72.1 Å². The van der Waals surface area contributed by atoms with Gasteiger partial charge in [0, 0.05) is 30.7 Å². The molecule has 0 aliphatic carbocycles. The number of nitrogens with zero attached hydrogens (tertiary/aromatic N) is 4. The van der Waals surface area contributed by atoms with Crippen LogP contribution in [0.25, 0.3) is 11.1 Å². The third-order valence-electron chi connectivity index (χ3n) is 3.94. The summed E-state index contributed by atoms with van der Waals surface area (Å²) in [7, 11) is 0. The third kappa shape index (κ3) is 2.99. The molecule has 0 bridgehead atoms. The summed E-state index contributed by atoms with van der Waals surface area (Å²) in [5.74, 6) is -0.0596. The molecule has 3 rings (SSSR count). The smallest absolute Gasteiger partial charge is 0.258 e. The van der Waals surface area contributed by atoms with Crippen LogP contribution in [0.15, 0.2) is 35.1 Å². The molecular formula is C18H20N4O2. The van der Waals surface area contributed by atoms with Crippen molar-refractivity contribution in [2.45, 2.75) is 40.3 Å². The molecule has 0 spiro atoms. The Labute approximate surface area is 140 Å². The van der Waals surface area contributed by atoms with Crippen LogP contribution >= 0.6 is 0 Å². The molecule has 0 atom stereocenters. The van der Waals surface area contributed by atoms with Crippen molar-refractivity contribution in [3.8, 4) is 0 Å². The number of fused-ring (bicyclic) bond motifs is 1. The zero-order valence-corrected chi connectivity index (χ0v) is 14.3. The second-order valence-electron chi connectivity index (χ2n) is 6.15. The number of aryl methyl sites for hydroxylation is 2. The highest BCUT2D eigenvalue weighted by Gasteiger charge is 2.24. The first-order valence-electron chi connectivity index (χ1n) is 7.91. The van der Waals surface area contributed by atoms with Crippen molar-refractivity contribution in [3.63, 3.8) is 0 Å². The molecule has 6 nitrogen and oxygen atoms in total. The molecule has 3 heterocycles. The molecule has 124 valence electrons. The minimum atomic E-state index is -0.0596. The standard InChI is InChI=1S/C18H20N4O2/c1-11(2)22(10-14-6-5-7-19-9-14)18(23)15-8-12(3)20-17-16(15)13(4)21-24-17/h5-9,11H,10H2,1-4H3. The molecule has 0 aliphatic rings. The van der Waals surface area contributed by atoms with E-state index in [1.165, 1.54) is 0 Å². The van der Waals surface area contributed by atoms with Crippen molar-refractivity contribution in [3.05, 3.63) is 53.1 Å². The lowest BCUT2D eigenvalue weighted by Crippen LogP contribution is -2.36. The van der Waals surface area contributed by atoms with Crippen molar-refractivity contribution in [2.24, 2.45) is 0 Å². The fourth-order valence-corrected chi connectivity index (χ4v) is 2.72. The van der Waals surface area contributed by atoms with Gasteiger partial charge < -0.3 is 9.42 Å². The van der Waals surface area contributed by atoms with Gasteiger partial charge in [0.1, 0.15) is 0 Å². The van der Waals surface area contributed by atoms with Crippen LogP contribution in [-0.2, 0) is 6.54 Å². The van der Waals surface area contributed by atoms with Gasteiger partial charge in [-0.2, -0.15) is 0 Å². The lowest BCUT2D eigenvalue weighted by molar-refractivity contribution is 0.0692. The van der Waals surface area contributed by atoms with Crippen LogP contribution in [0.3, 0.4) is 0 Å². The molecule has 0 saturated heterocycles. The van der Waals surface area contributed by atoms with Gasteiger partial charge in [-0.15, -0.1) is 0 Å². The van der Waals surface area contributed by atoms with Crippen LogP contribution in [-0.4, -0.2) is 32.0 Å². The molecule has 0 unspecified atom stereocenters. The Bertz CT molecular complexity index is 871. The lowest BCUT2D eigenvalue weighted by atomic mass is 10.1. The molecule has 3 aromatic rings. The monoisotopic (exact) mass is 324 g/mol. The molecule has 0 radical (unpaired) electrons. The molecule has 0 aliphatic heterocycles. The minimum absolute atomic E-state index is 0.0430. The Morgan fingerprint density at radius 3 is 2.79 bits per heavy atom. The number of aromatic nitrogens is 3. The summed E-state index contributed by atoms with van der Waals surface area (Å²) in [6.07, 6.45) is 3.50. The summed E-state index contributed by atoms with van der Waals surface area (Å²) in [6.45, 7) is 8.16. The summed E-state index contributed by atoms with van der Waals surface area (Å²) < 4.78 is 5.24. The first-order valence-corrected chi connectivity index (χ1v) is 7.91. The zero-order valence-electron chi connectivity index (χ0n) is 14.3. The Kier molecular flexibility index (Phi) is 4.29. The molecule has 0 N–H and O–H groups in total. The van der Waals surface area contributed by atoms with Crippen molar-refractivity contribution in [1.29, 1.82) is 0 Å². The van der Waals surface area contributed by atoms with Crippen LogP contribution < -0.4 is 0 Å². The first kappa shape index (κ1) is 16.1. The summed E-state index contributed by atoms with van der Waals surface area (Å²) >= 11 is 0. The first-order chi connectivity index (χ1) is 11.5. The largest absolute Gasteiger partial charge is 0.336 e. The molecule has 0 fully saturated rings. The van der Waals surface area contributed by atoms with E-state index in [0.29, 0.717) is 28.9 Å². The van der Waals surface area contributed by atoms with Crippen molar-refractivity contribution < 1.29 is 9.32 Å². The predicted octanol–water partition coefficient (Wildman–Crippen LogP) is 3.29. The highest BCUT2D eigenvalue weighted by molar-refractivity contribution is 6.06. The van der Waals surface area contributed by atoms with E-state index in [1.54, 1.807) is 18.5 Å². The van der Waals surface area contributed by atoms with Crippen molar-refractivity contribution in [2.75, 3.05) is 0 Å². The summed E-state index contributed by atoms with van der Waals surface area (Å²) in [4.78, 5) is 23.5. The maximum Gasteiger partial charge on any atom is 0.258 e. The average molecular weight is 324 g/mol. The van der Waals surface area contributed by atoms with Gasteiger partial charge in [-0.25, -0.2) is 4.98 Å². The number of amides is 1. The van der Waals surface area contributed by atoms with E-state index in [9.17, 15) is 4.79 Å². The Hall–Kier alpha value is -2.76. The van der Waals surface area contributed by atoms with Gasteiger partial charge in [0.15, 0.2) is 0 Å². The zero-order chi connectivity index (χ0) is 17.3. The van der Waals surface area contributed by atoms with E-state index in [1.807, 2.05) is 44.7 Å². The lowest BCUT2D eigenvalue weighted by Gasteiger charge is -2.27. The van der Waals surface area contributed by atoms with E-state index < -0.39 is 0 Å². The maximum absolute atomic E-state index is 13.2. The van der Waals surface area contributed by atoms with Crippen LogP contribution in [0.5, 0.6) is 0 Å². The predicted molar refractivity (Wildman–Crippen MR) is 90.5 cm³/mol. The number of pyridine rings is 2. The van der Waals surface area contributed by atoms with Gasteiger partial charge >= 0.3 is 0 Å². The van der Waals surface area contributed by atoms with E-state index in [2.05, 4.69) is 15.1 Å². The number of rotatable bonds is 4. The van der Waals surface area contributed by atoms with E-state index in [-0.39, 0.29) is 11.9 Å². The van der Waals surface area contributed by atoms with Crippen molar-refractivity contribution >= 4 is 17.0 Å². The van der Waals surface area contributed by atoms with Gasteiger partial charge in [0.25, 0.3) is 11.6 Å². The van der Waals surface area contributed by atoms with Crippen LogP contribution in [0.1, 0.15) is 41.2 Å². The van der Waals surface area contributed by atoms with Crippen LogP contribution in [0.2, 0.25) is 0 Å². The molecule has 6 heteroatoms. The minimum Gasteiger partial charge on any atom is -0.336 e. The summed E-state index contributed by atoms with van der Waals surface area (Å²) in [6, 6.07) is 5.68. The Balaban J connectivity index is 2.03. The van der Waals surface area contributed by atoms with E-state index in [0.717, 1.165) is 11.3 Å². The molecule has 24 heavy (non-hydrogen) atoms. The molecular weight excluding hydrogens is 304 g/mol. The number of carbonyl (C=O) groups is 1. The summed E-state index contributed by atoms with van der Waals surface area (Å²) in [5.41, 5.74) is 3.37. The fourth-order valence-electron chi connectivity index (χ4n) is 2.72. The highest BCUT2D eigenvalue weighted by atomic mass is 16.5. The molecule has 0 aromatic carbocycles. The van der Waals surface area contributed by atoms with Gasteiger partial charge in [-0.1, -0.05) is 11.2 Å². The van der Waals surface area contributed by atoms with E-state index in [4.69, 9.17) is 4.52 Å². The quantitative estimate of drug-likeness (QED) is 0.736. The fraction of sp³-hybridized carbons (Fsp3) is 0.333. The summed E-state index contributed by atoms with van der Waals surface area (Å²) in [5, 5.41) is 4.63. The molecule has 1 amide bonds.